The molecule has 6 fully saturated rings. The molecule has 9 nitrogen and oxygen atoms in total. The number of nitrogens with zero attached hydrogens (tertiary/aromatic N) is 5. The molecule has 2 amide bonds. The van der Waals surface area contributed by atoms with Crippen LogP contribution in [0.1, 0.15) is 120 Å². The van der Waals surface area contributed by atoms with Crippen LogP contribution in [0.4, 0.5) is 10.6 Å². The summed E-state index contributed by atoms with van der Waals surface area (Å²) in [7, 11) is 1.74. The van der Waals surface area contributed by atoms with Gasteiger partial charge in [0.25, 0.3) is 0 Å². The van der Waals surface area contributed by atoms with Crippen molar-refractivity contribution in [2.75, 3.05) is 31.6 Å². The number of anilines is 1. The number of pyridine rings is 1. The van der Waals surface area contributed by atoms with E-state index in [1.807, 2.05) is 23.4 Å². The van der Waals surface area contributed by atoms with Gasteiger partial charge in [0, 0.05) is 43.5 Å². The van der Waals surface area contributed by atoms with Crippen molar-refractivity contribution in [1.82, 2.24) is 19.7 Å². The third-order valence-electron chi connectivity index (χ3n) is 13.9. The number of amides is 2. The molecule has 9 rings (SSSR count). The van der Waals surface area contributed by atoms with Crippen LogP contribution in [0, 0.1) is 24.2 Å². The first-order valence-electron chi connectivity index (χ1n) is 20.2. The molecule has 6 aliphatic rings. The summed E-state index contributed by atoms with van der Waals surface area (Å²) in [6.07, 6.45) is 21.3. The van der Waals surface area contributed by atoms with Gasteiger partial charge in [0.2, 0.25) is 5.91 Å². The number of carbonyl (C=O) groups excluding carboxylic acids is 2. The summed E-state index contributed by atoms with van der Waals surface area (Å²) < 4.78 is 13.6. The lowest BCUT2D eigenvalue weighted by atomic mass is 9.51. The molecule has 3 aromatic rings. The second kappa shape index (κ2) is 14.5. The predicted molar refractivity (Wildman–Crippen MR) is 202 cm³/mol. The Balaban J connectivity index is 0.999. The van der Waals surface area contributed by atoms with E-state index < -0.39 is 0 Å². The van der Waals surface area contributed by atoms with E-state index in [9.17, 15) is 9.59 Å². The molecule has 52 heavy (non-hydrogen) atoms. The van der Waals surface area contributed by atoms with Crippen LogP contribution in [0.15, 0.2) is 48.9 Å². The fourth-order valence-electron chi connectivity index (χ4n) is 10.2. The Bertz CT molecular complexity index is 1720. The van der Waals surface area contributed by atoms with Crippen molar-refractivity contribution in [2.24, 2.45) is 17.3 Å². The highest BCUT2D eigenvalue weighted by atomic mass is 16.6. The maximum absolute atomic E-state index is 14.8. The van der Waals surface area contributed by atoms with E-state index in [0.717, 1.165) is 106 Å². The molecule has 3 heterocycles. The quantitative estimate of drug-likeness (QED) is 0.209. The van der Waals surface area contributed by atoms with Gasteiger partial charge in [0.15, 0.2) is 0 Å². The van der Waals surface area contributed by atoms with E-state index in [4.69, 9.17) is 19.6 Å². The number of methoxy groups -OCH3 is 1. The van der Waals surface area contributed by atoms with E-state index in [0.29, 0.717) is 18.5 Å². The molecule has 0 unspecified atom stereocenters. The second-order valence-corrected chi connectivity index (χ2v) is 17.0. The van der Waals surface area contributed by atoms with Gasteiger partial charge < -0.3 is 14.4 Å². The number of hydrogen-bond acceptors (Lipinski definition) is 6. The van der Waals surface area contributed by atoms with E-state index in [1.54, 1.807) is 7.11 Å². The van der Waals surface area contributed by atoms with Gasteiger partial charge in [-0.3, -0.25) is 14.4 Å². The van der Waals surface area contributed by atoms with Gasteiger partial charge in [-0.1, -0.05) is 31.9 Å². The third kappa shape index (κ3) is 6.84. The van der Waals surface area contributed by atoms with Crippen LogP contribution in [0.3, 0.4) is 0 Å². The molecule has 0 N–H and O–H groups in total. The molecule has 2 aromatic heterocycles. The Kier molecular flexibility index (Phi) is 9.81. The molecule has 5 aliphatic carbocycles. The Morgan fingerprint density at radius 3 is 2.33 bits per heavy atom. The normalized spacial score (nSPS) is 27.7. The fraction of sp³-hybridized carbons (Fsp3) is 0.628. The first-order valence-corrected chi connectivity index (χ1v) is 20.2. The lowest BCUT2D eigenvalue weighted by Crippen LogP contribution is -2.52. The number of likely N-dealkylation sites (tertiary alicyclic amines) is 1. The van der Waals surface area contributed by atoms with Crippen LogP contribution < -0.4 is 9.64 Å². The zero-order valence-corrected chi connectivity index (χ0v) is 31.5. The minimum atomic E-state index is -0.187. The van der Waals surface area contributed by atoms with Crippen molar-refractivity contribution >= 4 is 17.8 Å². The number of hydrogen-bond donors (Lipinski definition) is 0. The van der Waals surface area contributed by atoms with E-state index >= 15 is 0 Å². The molecular weight excluding hydrogens is 651 g/mol. The molecule has 0 radical (unpaired) electrons. The van der Waals surface area contributed by atoms with Crippen molar-refractivity contribution in [3.05, 3.63) is 60.0 Å². The van der Waals surface area contributed by atoms with Gasteiger partial charge in [0.1, 0.15) is 17.7 Å². The van der Waals surface area contributed by atoms with Crippen molar-refractivity contribution < 1.29 is 19.1 Å². The molecule has 5 saturated carbocycles. The first kappa shape index (κ1) is 35.2. The Morgan fingerprint density at radius 1 is 0.923 bits per heavy atom. The molecule has 1 aromatic carbocycles. The summed E-state index contributed by atoms with van der Waals surface area (Å²) in [6.45, 7) is 6.61. The van der Waals surface area contributed by atoms with Gasteiger partial charge in [-0.25, -0.2) is 9.78 Å². The van der Waals surface area contributed by atoms with Crippen molar-refractivity contribution in [3.63, 3.8) is 0 Å². The maximum atomic E-state index is 14.8. The lowest BCUT2D eigenvalue weighted by Gasteiger charge is -2.55. The van der Waals surface area contributed by atoms with Crippen molar-refractivity contribution in [2.45, 2.75) is 128 Å². The zero-order chi connectivity index (χ0) is 35.9. The molecule has 2 bridgehead atoms. The molecular formula is C43H57N5O4. The summed E-state index contributed by atoms with van der Waals surface area (Å²) in [4.78, 5) is 36.3. The number of ether oxygens (including phenoxy) is 2. The monoisotopic (exact) mass is 707 g/mol. The van der Waals surface area contributed by atoms with E-state index in [2.05, 4.69) is 53.9 Å². The first-order chi connectivity index (χ1) is 25.3. The molecule has 9 heteroatoms. The minimum absolute atomic E-state index is 0.0737. The molecule has 278 valence electrons. The average Bonchev–Trinajstić information content (AvgIpc) is 3.88. The lowest BCUT2D eigenvalue weighted by molar-refractivity contribution is -0.124. The van der Waals surface area contributed by atoms with E-state index in [-0.39, 0.29) is 34.9 Å². The Morgan fingerprint density at radius 2 is 1.65 bits per heavy atom. The predicted octanol–water partition coefficient (Wildman–Crippen LogP) is 9.04. The van der Waals surface area contributed by atoms with Gasteiger partial charge in [0.05, 0.1) is 19.3 Å². The zero-order valence-electron chi connectivity index (χ0n) is 31.5. The summed E-state index contributed by atoms with van der Waals surface area (Å²) >= 11 is 0. The molecule has 0 atom stereocenters. The molecule has 1 saturated heterocycles. The summed E-state index contributed by atoms with van der Waals surface area (Å²) in [5.41, 5.74) is 5.04. The summed E-state index contributed by atoms with van der Waals surface area (Å²) in [5, 5.41) is 4.75. The van der Waals surface area contributed by atoms with Crippen LogP contribution in [0.25, 0.3) is 11.1 Å². The number of benzene rings is 1. The van der Waals surface area contributed by atoms with Gasteiger partial charge in [-0.2, -0.15) is 5.10 Å². The Labute approximate surface area is 309 Å². The van der Waals surface area contributed by atoms with Crippen LogP contribution in [-0.4, -0.2) is 64.5 Å². The van der Waals surface area contributed by atoms with E-state index in [1.165, 1.54) is 36.8 Å². The number of carbonyl (C=O) groups is 2. The third-order valence-corrected chi connectivity index (χ3v) is 13.9. The number of aryl methyl sites for hydroxylation is 1. The smallest absolute Gasteiger partial charge is 0.410 e. The van der Waals surface area contributed by atoms with Crippen molar-refractivity contribution in [1.29, 1.82) is 0 Å². The van der Waals surface area contributed by atoms with Crippen LogP contribution in [0.5, 0.6) is 5.75 Å². The largest absolute Gasteiger partial charge is 0.496 e. The highest BCUT2D eigenvalue weighted by molar-refractivity contribution is 5.95. The molecule has 0 spiro atoms. The van der Waals surface area contributed by atoms with Gasteiger partial charge in [-0.05, 0) is 142 Å². The van der Waals surface area contributed by atoms with Crippen LogP contribution >= 0.6 is 0 Å². The Hall–Kier alpha value is -3.88. The van der Waals surface area contributed by atoms with Gasteiger partial charge >= 0.3 is 6.09 Å². The maximum Gasteiger partial charge on any atom is 0.410 e. The van der Waals surface area contributed by atoms with Crippen LogP contribution in [-0.2, 0) is 14.9 Å². The highest BCUT2D eigenvalue weighted by Crippen LogP contribution is 2.58. The topological polar surface area (TPSA) is 89.8 Å². The number of aromatic nitrogens is 3. The molecule has 1 aliphatic heterocycles. The standard InChI is InChI=1S/C43H57N5O4/c1-4-31-26-46(27-31)41(50)52-37-12-9-32(10-13-37)40(49)47(39-24-33(15-22-44-39)34-25-45-48(28-34)36-7-5-6-8-36)29-42-16-19-43(20-17-42,21-18-42)35-11-14-38(51-3)30(2)23-35/h11,14-15,22-25,28,31-32,36-37H,4-10,12-13,16-21,26-27,29H2,1-3H3. The number of fused-ring (bicyclic) bond motifs is 3. The second-order valence-electron chi connectivity index (χ2n) is 17.0. The summed E-state index contributed by atoms with van der Waals surface area (Å²) in [5.74, 6) is 2.36. The van der Waals surface area contributed by atoms with Gasteiger partial charge in [-0.15, -0.1) is 0 Å². The van der Waals surface area contributed by atoms with Crippen molar-refractivity contribution in [3.8, 4) is 16.9 Å². The van der Waals surface area contributed by atoms with Crippen LogP contribution in [0.2, 0.25) is 0 Å². The SMILES string of the molecule is CCC1CN(C(=O)OC2CCC(C(=O)N(CC34CCC(c5ccc(OC)c(C)c5)(CC3)CC4)c3cc(-c4cnn(C5CCCC5)c4)ccn3)CC2)C1. The summed E-state index contributed by atoms with van der Waals surface area (Å²) in [6, 6.07) is 11.4. The average molecular weight is 708 g/mol. The minimum Gasteiger partial charge on any atom is -0.496 e. The number of rotatable bonds is 10. The highest BCUT2D eigenvalue weighted by Gasteiger charge is 2.51. The fourth-order valence-corrected chi connectivity index (χ4v) is 10.2.